The maximum atomic E-state index is 13.0. The summed E-state index contributed by atoms with van der Waals surface area (Å²) in [6.07, 6.45) is 89.8. The van der Waals surface area contributed by atoms with Crippen LogP contribution in [0.25, 0.3) is 0 Å². The minimum atomic E-state index is -4.36. The van der Waals surface area contributed by atoms with E-state index in [1.807, 2.05) is 27.2 Å². The molecule has 0 heterocycles. The molecule has 0 aromatic heterocycles. The maximum Gasteiger partial charge on any atom is 0.472 e. The number of nitrogens with one attached hydrogen (secondary N) is 1. The van der Waals surface area contributed by atoms with E-state index in [1.165, 1.54) is 205 Å². The SMILES string of the molecule is CC/C=C\C/C=C\C/C=C\C/C=C\C/C=C\C/C=C\CCCCCCCCCCCCCCCCCCCCC(=O)NC(COP(=O)(O)OCC[N+](C)(C)C)C(O)/C=C/CC/C=C/CCCCCCCCCCCCCCCCCC. The van der Waals surface area contributed by atoms with Gasteiger partial charge in [0.2, 0.25) is 5.91 Å². The van der Waals surface area contributed by atoms with Gasteiger partial charge in [0.05, 0.1) is 39.9 Å². The second kappa shape index (κ2) is 62.0. The first-order valence-corrected chi connectivity index (χ1v) is 35.6. The summed E-state index contributed by atoms with van der Waals surface area (Å²) < 4.78 is 23.8. The molecule has 0 saturated carbocycles. The third-order valence-corrected chi connectivity index (χ3v) is 16.0. The van der Waals surface area contributed by atoms with Crippen molar-refractivity contribution in [1.29, 1.82) is 0 Å². The molecule has 3 unspecified atom stereocenters. The highest BCUT2D eigenvalue weighted by Gasteiger charge is 2.28. The number of carbonyl (C=O) groups excluding carboxylic acids is 1. The van der Waals surface area contributed by atoms with Gasteiger partial charge in [-0.05, 0) is 83.5 Å². The second-order valence-corrected chi connectivity index (χ2v) is 25.6. The Morgan fingerprint density at radius 2 is 0.753 bits per heavy atom. The molecule has 9 heteroatoms. The number of quaternary nitrogens is 1. The molecular formula is C72H132N2O6P+. The van der Waals surface area contributed by atoms with Crippen LogP contribution in [-0.4, -0.2) is 73.4 Å². The van der Waals surface area contributed by atoms with Crippen molar-refractivity contribution in [3.05, 3.63) is 97.2 Å². The molecule has 0 saturated heterocycles. The van der Waals surface area contributed by atoms with Crippen LogP contribution in [-0.2, 0) is 18.4 Å². The highest BCUT2D eigenvalue weighted by atomic mass is 31.2. The highest BCUT2D eigenvalue weighted by Crippen LogP contribution is 2.43. The first-order valence-electron chi connectivity index (χ1n) is 34.1. The monoisotopic (exact) mass is 1150 g/mol. The molecule has 0 aliphatic rings. The lowest BCUT2D eigenvalue weighted by Gasteiger charge is -2.25. The smallest absolute Gasteiger partial charge is 0.387 e. The predicted octanol–water partition coefficient (Wildman–Crippen LogP) is 21.7. The molecule has 81 heavy (non-hydrogen) atoms. The predicted molar refractivity (Wildman–Crippen MR) is 355 cm³/mol. The fraction of sp³-hybridized carbons (Fsp3) is 0.764. The third-order valence-electron chi connectivity index (χ3n) is 15.0. The normalized spacial score (nSPS) is 14.3. The molecule has 0 bridgehead atoms. The lowest BCUT2D eigenvalue weighted by molar-refractivity contribution is -0.870. The van der Waals surface area contributed by atoms with Gasteiger partial charge in [-0.25, -0.2) is 4.57 Å². The molecule has 0 spiro atoms. The van der Waals surface area contributed by atoms with Gasteiger partial charge in [0.25, 0.3) is 0 Å². The number of phosphoric ester groups is 1. The minimum absolute atomic E-state index is 0.0544. The standard InChI is InChI=1S/C72H131N2O6P/c1-6-8-10-12-14-16-18-20-22-24-26-28-30-31-32-33-34-35-36-37-38-39-40-41-42-43-44-46-48-50-52-54-56-58-60-62-64-66-72(76)73-70(69-80-81(77,78)79-68-67-74(3,4)5)71(75)65-63-61-59-57-55-53-51-49-47-45-29-27-25-23-21-19-17-15-13-11-9-7-2/h8,10,14,16,20,22,26,28,31-32,34-35,55,57,63,65,70-71,75H,6-7,9,11-13,15,17-19,21,23-25,27,29-30,33,36-54,56,58-62,64,66-69H2,1-5H3,(H-,73,76,77,78)/p+1/b10-8-,16-14-,22-20-,28-26-,32-31-,35-34-,57-55+,65-63+. The van der Waals surface area contributed by atoms with Crippen molar-refractivity contribution in [3.63, 3.8) is 0 Å². The van der Waals surface area contributed by atoms with Crippen molar-refractivity contribution < 1.29 is 32.9 Å². The first-order chi connectivity index (χ1) is 39.5. The molecule has 3 atom stereocenters. The Labute approximate surface area is 502 Å². The van der Waals surface area contributed by atoms with Crippen LogP contribution < -0.4 is 5.32 Å². The van der Waals surface area contributed by atoms with Crippen LogP contribution in [0.2, 0.25) is 0 Å². The quantitative estimate of drug-likeness (QED) is 0.0243. The summed E-state index contributed by atoms with van der Waals surface area (Å²) >= 11 is 0. The van der Waals surface area contributed by atoms with E-state index in [4.69, 9.17) is 9.05 Å². The van der Waals surface area contributed by atoms with E-state index in [-0.39, 0.29) is 19.1 Å². The van der Waals surface area contributed by atoms with Crippen LogP contribution in [0.5, 0.6) is 0 Å². The summed E-state index contributed by atoms with van der Waals surface area (Å²) in [6, 6.07) is -0.868. The van der Waals surface area contributed by atoms with Crippen LogP contribution in [0.15, 0.2) is 97.2 Å². The summed E-state index contributed by atoms with van der Waals surface area (Å²) in [4.78, 5) is 23.4. The lowest BCUT2D eigenvalue weighted by atomic mass is 10.0. The number of likely N-dealkylation sites (N-methyl/N-ethyl adjacent to an activating group) is 1. The van der Waals surface area contributed by atoms with Gasteiger partial charge in [-0.1, -0.05) is 310 Å². The van der Waals surface area contributed by atoms with Gasteiger partial charge < -0.3 is 19.8 Å². The van der Waals surface area contributed by atoms with E-state index in [0.717, 1.165) is 77.0 Å². The Morgan fingerprint density at radius 1 is 0.432 bits per heavy atom. The molecule has 0 rings (SSSR count). The van der Waals surface area contributed by atoms with Crippen molar-refractivity contribution in [2.45, 2.75) is 315 Å². The van der Waals surface area contributed by atoms with Crippen molar-refractivity contribution in [2.24, 2.45) is 0 Å². The topological polar surface area (TPSA) is 105 Å². The number of aliphatic hydroxyl groups excluding tert-OH is 1. The van der Waals surface area contributed by atoms with E-state index >= 15 is 0 Å². The summed E-state index contributed by atoms with van der Waals surface area (Å²) in [5.41, 5.74) is 0. The van der Waals surface area contributed by atoms with Crippen molar-refractivity contribution >= 4 is 13.7 Å². The summed E-state index contributed by atoms with van der Waals surface area (Å²) in [6.45, 7) is 4.71. The Bertz CT molecular complexity index is 1640. The maximum absolute atomic E-state index is 13.0. The van der Waals surface area contributed by atoms with E-state index in [0.29, 0.717) is 17.4 Å². The van der Waals surface area contributed by atoms with Crippen LogP contribution in [0.1, 0.15) is 303 Å². The van der Waals surface area contributed by atoms with Crippen molar-refractivity contribution in [2.75, 3.05) is 40.9 Å². The van der Waals surface area contributed by atoms with Crippen LogP contribution in [0, 0.1) is 0 Å². The summed E-state index contributed by atoms with van der Waals surface area (Å²) in [7, 11) is 1.56. The Hall–Kier alpha value is -2.58. The lowest BCUT2D eigenvalue weighted by Crippen LogP contribution is -2.45. The number of unbranched alkanes of at least 4 members (excludes halogenated alkanes) is 35. The number of carbonyl (C=O) groups is 1. The highest BCUT2D eigenvalue weighted by molar-refractivity contribution is 7.47. The van der Waals surface area contributed by atoms with Gasteiger partial charge in [0.1, 0.15) is 13.2 Å². The molecule has 470 valence electrons. The summed E-state index contributed by atoms with van der Waals surface area (Å²) in [5, 5.41) is 14.0. The Morgan fingerprint density at radius 3 is 1.14 bits per heavy atom. The Balaban J connectivity index is 4.07. The second-order valence-electron chi connectivity index (χ2n) is 24.2. The van der Waals surface area contributed by atoms with Crippen LogP contribution in [0.3, 0.4) is 0 Å². The van der Waals surface area contributed by atoms with Gasteiger partial charge in [0.15, 0.2) is 0 Å². The molecule has 1 amide bonds. The summed E-state index contributed by atoms with van der Waals surface area (Å²) in [5.74, 6) is -0.185. The largest absolute Gasteiger partial charge is 0.472 e. The number of aliphatic hydroxyl groups is 1. The first kappa shape index (κ1) is 78.4. The van der Waals surface area contributed by atoms with E-state index in [1.54, 1.807) is 6.08 Å². The number of hydrogen-bond acceptors (Lipinski definition) is 5. The molecule has 0 radical (unpaired) electrons. The third kappa shape index (κ3) is 64.8. The average Bonchev–Trinajstić information content (AvgIpc) is 3.43. The van der Waals surface area contributed by atoms with Crippen LogP contribution in [0.4, 0.5) is 0 Å². The number of hydrogen-bond donors (Lipinski definition) is 3. The number of phosphoric acid groups is 1. The van der Waals surface area contributed by atoms with Gasteiger partial charge in [-0.2, -0.15) is 0 Å². The number of nitrogens with zero attached hydrogens (tertiary/aromatic N) is 1. The molecule has 0 fully saturated rings. The van der Waals surface area contributed by atoms with Crippen molar-refractivity contribution in [1.82, 2.24) is 5.32 Å². The number of amides is 1. The van der Waals surface area contributed by atoms with Crippen LogP contribution >= 0.6 is 7.82 Å². The van der Waals surface area contributed by atoms with Gasteiger partial charge in [-0.3, -0.25) is 13.8 Å². The van der Waals surface area contributed by atoms with E-state index in [9.17, 15) is 19.4 Å². The number of rotatable bonds is 62. The van der Waals surface area contributed by atoms with Gasteiger partial charge >= 0.3 is 7.82 Å². The van der Waals surface area contributed by atoms with Gasteiger partial charge in [0, 0.05) is 6.42 Å². The van der Waals surface area contributed by atoms with E-state index in [2.05, 4.69) is 104 Å². The van der Waals surface area contributed by atoms with Gasteiger partial charge in [-0.15, -0.1) is 0 Å². The van der Waals surface area contributed by atoms with Crippen molar-refractivity contribution in [3.8, 4) is 0 Å². The molecular weight excluding hydrogens is 1020 g/mol. The Kier molecular flexibility index (Phi) is 60.0. The molecule has 0 aliphatic heterocycles. The number of allylic oxidation sites excluding steroid dienone is 15. The zero-order valence-corrected chi connectivity index (χ0v) is 54.6. The molecule has 0 aromatic rings. The molecule has 0 aromatic carbocycles. The zero-order valence-electron chi connectivity index (χ0n) is 53.8. The minimum Gasteiger partial charge on any atom is -0.387 e. The molecule has 3 N–H and O–H groups in total. The molecule has 8 nitrogen and oxygen atoms in total. The molecule has 0 aliphatic carbocycles. The average molecular weight is 1150 g/mol. The fourth-order valence-electron chi connectivity index (χ4n) is 9.77. The fourth-order valence-corrected chi connectivity index (χ4v) is 10.5. The zero-order chi connectivity index (χ0) is 59.1. The van der Waals surface area contributed by atoms with E-state index < -0.39 is 20.0 Å².